The van der Waals surface area contributed by atoms with Crippen molar-refractivity contribution in [1.82, 2.24) is 0 Å². The first-order valence-corrected chi connectivity index (χ1v) is 18.8. The number of benzene rings is 2. The summed E-state index contributed by atoms with van der Waals surface area (Å²) in [6.07, 6.45) is 18.6. The molecule has 1 heterocycles. The molecule has 48 heavy (non-hydrogen) atoms. The van der Waals surface area contributed by atoms with Crippen LogP contribution in [0.5, 0.6) is 11.5 Å². The third-order valence-electron chi connectivity index (χ3n) is 12.3. The van der Waals surface area contributed by atoms with Crippen molar-refractivity contribution in [1.29, 1.82) is 0 Å². The Kier molecular flexibility index (Phi) is 10.8. The number of aryl methyl sites for hydroxylation is 1. The van der Waals surface area contributed by atoms with Crippen molar-refractivity contribution in [3.63, 3.8) is 0 Å². The molecule has 0 bridgehead atoms. The van der Waals surface area contributed by atoms with E-state index in [-0.39, 0.29) is 10.8 Å². The van der Waals surface area contributed by atoms with E-state index in [1.165, 1.54) is 67.1 Å². The summed E-state index contributed by atoms with van der Waals surface area (Å²) in [4.78, 5) is 2.41. The van der Waals surface area contributed by atoms with Crippen LogP contribution < -0.4 is 14.4 Å². The summed E-state index contributed by atoms with van der Waals surface area (Å²) >= 11 is 7.30. The van der Waals surface area contributed by atoms with E-state index in [4.69, 9.17) is 21.1 Å². The molecular formula is C44H58ClNO2. The molecular weight excluding hydrogens is 610 g/mol. The van der Waals surface area contributed by atoms with Crippen LogP contribution in [0.4, 0.5) is 5.69 Å². The summed E-state index contributed by atoms with van der Waals surface area (Å²) in [5, 5.41) is 0.916. The second kappa shape index (κ2) is 14.4. The highest BCUT2D eigenvalue weighted by molar-refractivity contribution is 6.32. The number of halogens is 1. The molecule has 2 aromatic rings. The van der Waals surface area contributed by atoms with Gasteiger partial charge < -0.3 is 14.4 Å². The minimum Gasteiger partial charge on any atom is -0.496 e. The van der Waals surface area contributed by atoms with E-state index < -0.39 is 0 Å². The maximum absolute atomic E-state index is 7.30. The number of likely N-dealkylation sites (N-methyl/N-ethyl adjacent to an activating group) is 1. The van der Waals surface area contributed by atoms with Gasteiger partial charge in [0.25, 0.3) is 0 Å². The van der Waals surface area contributed by atoms with Gasteiger partial charge in [0, 0.05) is 34.3 Å². The van der Waals surface area contributed by atoms with Gasteiger partial charge in [0.2, 0.25) is 0 Å². The average molecular weight is 668 g/mol. The van der Waals surface area contributed by atoms with Crippen molar-refractivity contribution in [3.8, 4) is 11.5 Å². The standard InChI is InChI=1S/C44H58ClNO2/c1-12-30-25-37-35(26-38(30)47-10)44(16-5,17-6)40(46(37)9)24-22-32-20-18-19-31(42(32)45)21-23-34-29(8)41-28(7)33(13-2)39(48-11)27-36(41)43(34,14-3)15-4/h21-27H,12-20H2,1-11H3/b23-21+,32-22+,40-24-. The molecule has 2 aromatic carbocycles. The Bertz CT molecular complexity index is 1720. The molecule has 3 nitrogen and oxygen atoms in total. The second-order valence-corrected chi connectivity index (χ2v) is 14.3. The van der Waals surface area contributed by atoms with E-state index in [0.717, 1.165) is 74.3 Å². The zero-order valence-electron chi connectivity index (χ0n) is 31.5. The first kappa shape index (κ1) is 36.1. The lowest BCUT2D eigenvalue weighted by Crippen LogP contribution is -2.28. The van der Waals surface area contributed by atoms with Crippen molar-refractivity contribution in [2.45, 2.75) is 124 Å². The number of allylic oxidation sites excluding steroid dienone is 10. The summed E-state index contributed by atoms with van der Waals surface area (Å²) in [7, 11) is 5.82. The van der Waals surface area contributed by atoms with Crippen LogP contribution in [0.2, 0.25) is 0 Å². The van der Waals surface area contributed by atoms with E-state index in [1.54, 1.807) is 7.11 Å². The minimum absolute atomic E-state index is 0.0307. The van der Waals surface area contributed by atoms with E-state index in [9.17, 15) is 0 Å². The molecule has 0 atom stereocenters. The Morgan fingerprint density at radius 3 is 2.02 bits per heavy atom. The Balaban J connectivity index is 1.55. The summed E-state index contributed by atoms with van der Waals surface area (Å²) in [6, 6.07) is 6.97. The van der Waals surface area contributed by atoms with Crippen LogP contribution in [-0.2, 0) is 23.7 Å². The largest absolute Gasteiger partial charge is 0.496 e. The van der Waals surface area contributed by atoms with Crippen molar-refractivity contribution in [2.75, 3.05) is 26.2 Å². The molecule has 0 N–H and O–H groups in total. The fourth-order valence-corrected chi connectivity index (χ4v) is 9.72. The van der Waals surface area contributed by atoms with E-state index in [1.807, 2.05) is 7.11 Å². The molecule has 258 valence electrons. The molecule has 0 aromatic heterocycles. The van der Waals surface area contributed by atoms with Crippen LogP contribution in [0.15, 0.2) is 70.0 Å². The summed E-state index contributed by atoms with van der Waals surface area (Å²) in [5.74, 6) is 2.02. The van der Waals surface area contributed by atoms with E-state index in [0.29, 0.717) is 0 Å². The van der Waals surface area contributed by atoms with Gasteiger partial charge >= 0.3 is 0 Å². The quantitative estimate of drug-likeness (QED) is 0.238. The molecule has 0 fully saturated rings. The highest BCUT2D eigenvalue weighted by Gasteiger charge is 2.44. The Morgan fingerprint density at radius 1 is 0.792 bits per heavy atom. The molecule has 0 radical (unpaired) electrons. The number of ether oxygens (including phenoxy) is 2. The molecule has 0 saturated heterocycles. The molecule has 0 saturated carbocycles. The number of methoxy groups -OCH3 is 2. The number of fused-ring (bicyclic) bond motifs is 2. The maximum Gasteiger partial charge on any atom is 0.122 e. The summed E-state index contributed by atoms with van der Waals surface area (Å²) < 4.78 is 11.8. The van der Waals surface area contributed by atoms with Crippen LogP contribution in [0.25, 0.3) is 5.57 Å². The first-order valence-electron chi connectivity index (χ1n) is 18.4. The van der Waals surface area contributed by atoms with Crippen LogP contribution in [0, 0.1) is 6.92 Å². The number of rotatable bonds is 11. The van der Waals surface area contributed by atoms with Gasteiger partial charge in [-0.25, -0.2) is 0 Å². The average Bonchev–Trinajstić information content (AvgIpc) is 3.49. The first-order chi connectivity index (χ1) is 23.1. The van der Waals surface area contributed by atoms with Crippen molar-refractivity contribution < 1.29 is 9.47 Å². The monoisotopic (exact) mass is 667 g/mol. The Hall–Kier alpha value is -3.17. The molecule has 0 amide bonds. The predicted molar refractivity (Wildman–Crippen MR) is 207 cm³/mol. The third-order valence-corrected chi connectivity index (χ3v) is 12.8. The molecule has 3 aliphatic rings. The third kappa shape index (κ3) is 5.49. The fourth-order valence-electron chi connectivity index (χ4n) is 9.41. The van der Waals surface area contributed by atoms with E-state index >= 15 is 0 Å². The number of hydrogen-bond donors (Lipinski definition) is 0. The highest BCUT2D eigenvalue weighted by Crippen LogP contribution is 2.55. The summed E-state index contributed by atoms with van der Waals surface area (Å²) in [6.45, 7) is 18.3. The number of anilines is 1. The molecule has 5 rings (SSSR count). The van der Waals surface area contributed by atoms with Gasteiger partial charge in [0.05, 0.1) is 14.2 Å². The fraction of sp³-hybridized carbons (Fsp3) is 0.500. The highest BCUT2D eigenvalue weighted by atomic mass is 35.5. The topological polar surface area (TPSA) is 21.7 Å². The molecule has 4 heteroatoms. The maximum atomic E-state index is 7.30. The normalized spacial score (nSPS) is 20.0. The van der Waals surface area contributed by atoms with Crippen molar-refractivity contribution >= 4 is 22.9 Å². The van der Waals surface area contributed by atoms with Gasteiger partial charge in [-0.3, -0.25) is 0 Å². The van der Waals surface area contributed by atoms with Gasteiger partial charge in [0.15, 0.2) is 0 Å². The van der Waals surface area contributed by atoms with Crippen LogP contribution in [0.3, 0.4) is 0 Å². The lowest BCUT2D eigenvalue weighted by Gasteiger charge is -2.32. The summed E-state index contributed by atoms with van der Waals surface area (Å²) in [5.41, 5.74) is 16.0. The SMILES string of the molecule is CCc1cc2c(cc1OC)C(CC)(CC)/C(=C/C=C1\CCCC(/C=C/C3=C(C)c4c(cc(OC)c(CC)c4C)C3(CC)CC)=C1Cl)N2C. The predicted octanol–water partition coefficient (Wildman–Crippen LogP) is 12.2. The lowest BCUT2D eigenvalue weighted by atomic mass is 9.72. The molecule has 1 aliphatic heterocycles. The lowest BCUT2D eigenvalue weighted by molar-refractivity contribution is 0.405. The molecule has 2 aliphatic carbocycles. The zero-order chi connectivity index (χ0) is 35.0. The van der Waals surface area contributed by atoms with Crippen LogP contribution in [-0.4, -0.2) is 21.3 Å². The number of nitrogens with zero attached hydrogens (tertiary/aromatic N) is 1. The number of hydrogen-bond acceptors (Lipinski definition) is 3. The Morgan fingerprint density at radius 2 is 1.44 bits per heavy atom. The van der Waals surface area contributed by atoms with Crippen molar-refractivity contribution in [3.05, 3.63) is 103 Å². The van der Waals surface area contributed by atoms with Crippen LogP contribution in [0.1, 0.15) is 127 Å². The zero-order valence-corrected chi connectivity index (χ0v) is 32.3. The second-order valence-electron chi connectivity index (χ2n) is 13.9. The van der Waals surface area contributed by atoms with Gasteiger partial charge in [-0.1, -0.05) is 71.4 Å². The van der Waals surface area contributed by atoms with Gasteiger partial charge in [0.1, 0.15) is 11.5 Å². The Labute approximate surface area is 296 Å². The molecule has 0 spiro atoms. The van der Waals surface area contributed by atoms with Gasteiger partial charge in [-0.15, -0.1) is 0 Å². The van der Waals surface area contributed by atoms with E-state index in [2.05, 4.69) is 110 Å². The smallest absolute Gasteiger partial charge is 0.122 e. The molecule has 0 unspecified atom stereocenters. The van der Waals surface area contributed by atoms with Gasteiger partial charge in [-0.05, 0) is 152 Å². The van der Waals surface area contributed by atoms with Gasteiger partial charge in [-0.2, -0.15) is 0 Å². The van der Waals surface area contributed by atoms with Crippen molar-refractivity contribution in [2.24, 2.45) is 0 Å². The van der Waals surface area contributed by atoms with Crippen LogP contribution >= 0.6 is 11.6 Å². The minimum atomic E-state index is -0.0577.